The van der Waals surface area contributed by atoms with Crippen molar-refractivity contribution in [3.63, 3.8) is 0 Å². The van der Waals surface area contributed by atoms with Gasteiger partial charge in [0.1, 0.15) is 5.82 Å². The fraction of sp³-hybridized carbons (Fsp3) is 0.750. The first-order chi connectivity index (χ1) is 8.61. The normalized spacial score (nSPS) is 24.2. The van der Waals surface area contributed by atoms with E-state index < -0.39 is 11.4 Å². The van der Waals surface area contributed by atoms with Crippen LogP contribution in [0.4, 0.5) is 5.13 Å². The molecule has 2 heterocycles. The lowest BCUT2D eigenvalue weighted by molar-refractivity contribution is -0.149. The second-order valence-electron chi connectivity index (χ2n) is 4.81. The number of carboxylic acid groups (broad SMARTS) is 1. The molecule has 0 aromatic carbocycles. The molecule has 1 saturated heterocycles. The lowest BCUT2D eigenvalue weighted by atomic mass is 9.78. The molecule has 0 radical (unpaired) electrons. The molecule has 0 spiro atoms. The van der Waals surface area contributed by atoms with E-state index in [1.54, 1.807) is 0 Å². The molecule has 100 valence electrons. The van der Waals surface area contributed by atoms with Crippen LogP contribution in [0, 0.1) is 5.41 Å². The van der Waals surface area contributed by atoms with Crippen LogP contribution in [0.5, 0.6) is 0 Å². The summed E-state index contributed by atoms with van der Waals surface area (Å²) in [6.07, 6.45) is 3.15. The van der Waals surface area contributed by atoms with E-state index in [4.69, 9.17) is 0 Å². The minimum atomic E-state index is -0.685. The lowest BCUT2D eigenvalue weighted by Gasteiger charge is -2.39. The molecule has 0 saturated carbocycles. The molecule has 0 amide bonds. The van der Waals surface area contributed by atoms with E-state index in [0.717, 1.165) is 36.8 Å². The van der Waals surface area contributed by atoms with Gasteiger partial charge < -0.3 is 10.0 Å². The van der Waals surface area contributed by atoms with Crippen molar-refractivity contribution in [1.29, 1.82) is 0 Å². The van der Waals surface area contributed by atoms with Gasteiger partial charge in [0.15, 0.2) is 0 Å². The fourth-order valence-electron chi connectivity index (χ4n) is 2.43. The van der Waals surface area contributed by atoms with E-state index in [1.165, 1.54) is 11.5 Å². The van der Waals surface area contributed by atoms with E-state index in [9.17, 15) is 9.90 Å². The van der Waals surface area contributed by atoms with Gasteiger partial charge in [0.25, 0.3) is 0 Å². The number of aryl methyl sites for hydroxylation is 1. The third-order valence-electron chi connectivity index (χ3n) is 3.75. The van der Waals surface area contributed by atoms with Gasteiger partial charge in [-0.15, -0.1) is 0 Å². The molecule has 18 heavy (non-hydrogen) atoms. The van der Waals surface area contributed by atoms with Gasteiger partial charge in [-0.3, -0.25) is 4.79 Å². The molecule has 1 aliphatic rings. The van der Waals surface area contributed by atoms with Crippen LogP contribution in [-0.2, 0) is 11.2 Å². The topological polar surface area (TPSA) is 66.3 Å². The summed E-state index contributed by atoms with van der Waals surface area (Å²) in [5.74, 6) is 0.160. The Labute approximate surface area is 111 Å². The molecule has 1 fully saturated rings. The molecule has 0 bridgehead atoms. The summed E-state index contributed by atoms with van der Waals surface area (Å²) in [6, 6.07) is 0. The minimum Gasteiger partial charge on any atom is -0.481 e. The van der Waals surface area contributed by atoms with Gasteiger partial charge in [0, 0.05) is 31.0 Å². The SMILES string of the molecule is CCc1nsc(N2CCCC(CC)(C(=O)O)C2)n1. The van der Waals surface area contributed by atoms with Gasteiger partial charge in [0.2, 0.25) is 5.13 Å². The summed E-state index contributed by atoms with van der Waals surface area (Å²) in [4.78, 5) is 18.0. The quantitative estimate of drug-likeness (QED) is 0.907. The second kappa shape index (κ2) is 5.22. The number of aromatic nitrogens is 2. The molecule has 1 aromatic heterocycles. The Morgan fingerprint density at radius 1 is 1.56 bits per heavy atom. The summed E-state index contributed by atoms with van der Waals surface area (Å²) in [6.45, 7) is 5.41. The van der Waals surface area contributed by atoms with Gasteiger partial charge in [-0.1, -0.05) is 13.8 Å². The van der Waals surface area contributed by atoms with Crippen molar-refractivity contribution in [2.75, 3.05) is 18.0 Å². The maximum absolute atomic E-state index is 11.5. The van der Waals surface area contributed by atoms with Crippen LogP contribution in [0.15, 0.2) is 0 Å². The van der Waals surface area contributed by atoms with Crippen molar-refractivity contribution in [1.82, 2.24) is 9.36 Å². The van der Waals surface area contributed by atoms with Gasteiger partial charge in [-0.2, -0.15) is 4.37 Å². The Kier molecular flexibility index (Phi) is 3.85. The molecule has 2 rings (SSSR count). The molecule has 5 nitrogen and oxygen atoms in total. The maximum Gasteiger partial charge on any atom is 0.311 e. The molecule has 6 heteroatoms. The van der Waals surface area contributed by atoms with Crippen molar-refractivity contribution >= 4 is 22.6 Å². The summed E-state index contributed by atoms with van der Waals surface area (Å²) >= 11 is 1.38. The molecular formula is C12H19N3O2S. The first-order valence-corrected chi connectivity index (χ1v) is 7.19. The van der Waals surface area contributed by atoms with Crippen molar-refractivity contribution in [2.45, 2.75) is 39.5 Å². The average Bonchev–Trinajstić information content (AvgIpc) is 2.87. The van der Waals surface area contributed by atoms with Crippen LogP contribution in [0.25, 0.3) is 0 Å². The number of nitrogens with zero attached hydrogens (tertiary/aromatic N) is 3. The highest BCUT2D eigenvalue weighted by molar-refractivity contribution is 7.09. The van der Waals surface area contributed by atoms with Crippen LogP contribution < -0.4 is 4.90 Å². The Balaban J connectivity index is 2.17. The Bertz CT molecular complexity index is 435. The number of anilines is 1. The predicted octanol–water partition coefficient (Wildman–Crippen LogP) is 2.18. The molecule has 1 atom stereocenters. The number of hydrogen-bond donors (Lipinski definition) is 1. The maximum atomic E-state index is 11.5. The molecule has 1 N–H and O–H groups in total. The molecular weight excluding hydrogens is 250 g/mol. The smallest absolute Gasteiger partial charge is 0.311 e. The van der Waals surface area contributed by atoms with Gasteiger partial charge in [-0.25, -0.2) is 4.98 Å². The van der Waals surface area contributed by atoms with Crippen molar-refractivity contribution in [3.8, 4) is 0 Å². The minimum absolute atomic E-state index is 0.553. The fourth-order valence-corrected chi connectivity index (χ4v) is 3.20. The lowest BCUT2D eigenvalue weighted by Crippen LogP contribution is -2.47. The van der Waals surface area contributed by atoms with Crippen LogP contribution in [0.3, 0.4) is 0 Å². The number of carbonyl (C=O) groups is 1. The standard InChI is InChI=1S/C12H19N3O2S/c1-3-9-13-11(18-14-9)15-7-5-6-12(4-2,8-15)10(16)17/h3-8H2,1-2H3,(H,16,17). The number of carboxylic acids is 1. The van der Waals surface area contributed by atoms with Crippen LogP contribution in [0.2, 0.25) is 0 Å². The van der Waals surface area contributed by atoms with Crippen LogP contribution in [-0.4, -0.2) is 33.5 Å². The van der Waals surface area contributed by atoms with Crippen molar-refractivity contribution in [2.24, 2.45) is 5.41 Å². The number of rotatable bonds is 4. The Morgan fingerprint density at radius 3 is 2.89 bits per heavy atom. The van der Waals surface area contributed by atoms with Crippen molar-refractivity contribution < 1.29 is 9.90 Å². The zero-order valence-electron chi connectivity index (χ0n) is 10.8. The van der Waals surface area contributed by atoms with E-state index in [2.05, 4.69) is 14.3 Å². The van der Waals surface area contributed by atoms with E-state index >= 15 is 0 Å². The Hall–Kier alpha value is -1.17. The van der Waals surface area contributed by atoms with E-state index in [1.807, 2.05) is 13.8 Å². The van der Waals surface area contributed by atoms with E-state index in [-0.39, 0.29) is 0 Å². The zero-order valence-corrected chi connectivity index (χ0v) is 11.7. The summed E-state index contributed by atoms with van der Waals surface area (Å²) < 4.78 is 4.27. The van der Waals surface area contributed by atoms with Gasteiger partial charge in [0.05, 0.1) is 5.41 Å². The number of piperidine rings is 1. The molecule has 1 aromatic rings. The third kappa shape index (κ3) is 2.34. The molecule has 1 unspecified atom stereocenters. The Morgan fingerprint density at radius 2 is 2.33 bits per heavy atom. The molecule has 0 aliphatic carbocycles. The monoisotopic (exact) mass is 269 g/mol. The first-order valence-electron chi connectivity index (χ1n) is 6.42. The highest BCUT2D eigenvalue weighted by Gasteiger charge is 2.41. The van der Waals surface area contributed by atoms with Crippen LogP contribution in [0.1, 0.15) is 38.9 Å². The largest absolute Gasteiger partial charge is 0.481 e. The highest BCUT2D eigenvalue weighted by atomic mass is 32.1. The second-order valence-corrected chi connectivity index (χ2v) is 5.54. The van der Waals surface area contributed by atoms with Crippen LogP contribution >= 0.6 is 11.5 Å². The molecule has 1 aliphatic heterocycles. The first kappa shape index (κ1) is 13.3. The third-order valence-corrected chi connectivity index (χ3v) is 4.57. The predicted molar refractivity (Wildman–Crippen MR) is 71.1 cm³/mol. The van der Waals surface area contributed by atoms with Gasteiger partial charge >= 0.3 is 5.97 Å². The number of hydrogen-bond acceptors (Lipinski definition) is 5. The highest BCUT2D eigenvalue weighted by Crippen LogP contribution is 2.36. The average molecular weight is 269 g/mol. The summed E-state index contributed by atoms with van der Waals surface area (Å²) in [7, 11) is 0. The number of aliphatic carboxylic acids is 1. The van der Waals surface area contributed by atoms with Gasteiger partial charge in [-0.05, 0) is 19.3 Å². The zero-order chi connectivity index (χ0) is 13.2. The summed E-state index contributed by atoms with van der Waals surface area (Å²) in [5, 5.41) is 10.3. The van der Waals surface area contributed by atoms with Crippen molar-refractivity contribution in [3.05, 3.63) is 5.82 Å². The summed E-state index contributed by atoms with van der Waals surface area (Å²) in [5.41, 5.74) is -0.615. The van der Waals surface area contributed by atoms with E-state index in [0.29, 0.717) is 13.0 Å².